The van der Waals surface area contributed by atoms with Crippen LogP contribution in [-0.4, -0.2) is 20.2 Å². The van der Waals surface area contributed by atoms with E-state index < -0.39 is 0 Å². The minimum Gasteiger partial charge on any atom is -0.496 e. The predicted molar refractivity (Wildman–Crippen MR) is 74.4 cm³/mol. The number of rotatable bonds is 2. The molecule has 1 atom stereocenters. The topological polar surface area (TPSA) is 21.3 Å². The summed E-state index contributed by atoms with van der Waals surface area (Å²) in [6.07, 6.45) is 4.12. The molecule has 1 aliphatic carbocycles. The summed E-state index contributed by atoms with van der Waals surface area (Å²) in [5.41, 5.74) is 4.85. The number of nitrogens with one attached hydrogen (secondary N) is 1. The molecule has 1 heterocycles. The van der Waals surface area contributed by atoms with Crippen LogP contribution in [0.1, 0.15) is 41.9 Å². The van der Waals surface area contributed by atoms with Crippen LogP contribution in [0.2, 0.25) is 0 Å². The van der Waals surface area contributed by atoms with Crippen molar-refractivity contribution in [2.24, 2.45) is 5.41 Å². The van der Waals surface area contributed by atoms with Crippen LogP contribution in [0.25, 0.3) is 0 Å². The van der Waals surface area contributed by atoms with Crippen LogP contribution in [0.15, 0.2) is 12.1 Å². The first-order valence-corrected chi connectivity index (χ1v) is 6.99. The van der Waals surface area contributed by atoms with Crippen LogP contribution in [-0.2, 0) is 0 Å². The van der Waals surface area contributed by atoms with E-state index in [1.54, 1.807) is 12.7 Å². The summed E-state index contributed by atoms with van der Waals surface area (Å²) in [6, 6.07) is 4.55. The maximum absolute atomic E-state index is 5.41. The van der Waals surface area contributed by atoms with Gasteiger partial charge in [-0.05, 0) is 67.2 Å². The van der Waals surface area contributed by atoms with Gasteiger partial charge in [0.25, 0.3) is 0 Å². The molecule has 0 bridgehead atoms. The van der Waals surface area contributed by atoms with Gasteiger partial charge in [-0.25, -0.2) is 0 Å². The minimum atomic E-state index is 0.630. The van der Waals surface area contributed by atoms with Crippen LogP contribution in [0.4, 0.5) is 0 Å². The molecule has 18 heavy (non-hydrogen) atoms. The van der Waals surface area contributed by atoms with Crippen molar-refractivity contribution in [1.29, 1.82) is 0 Å². The molecule has 1 unspecified atom stereocenters. The molecule has 2 fully saturated rings. The number of benzene rings is 1. The van der Waals surface area contributed by atoms with Gasteiger partial charge < -0.3 is 10.1 Å². The third kappa shape index (κ3) is 1.83. The second-order valence-electron chi connectivity index (χ2n) is 6.22. The van der Waals surface area contributed by atoms with Gasteiger partial charge >= 0.3 is 0 Å². The zero-order valence-electron chi connectivity index (χ0n) is 11.7. The van der Waals surface area contributed by atoms with E-state index in [9.17, 15) is 0 Å². The van der Waals surface area contributed by atoms with Gasteiger partial charge in [-0.1, -0.05) is 6.07 Å². The van der Waals surface area contributed by atoms with E-state index in [1.165, 1.54) is 43.5 Å². The summed E-state index contributed by atoms with van der Waals surface area (Å²) in [4.78, 5) is 0. The summed E-state index contributed by atoms with van der Waals surface area (Å²) in [5.74, 6) is 1.78. The molecular formula is C16H23NO. The average molecular weight is 245 g/mol. The molecule has 1 aliphatic heterocycles. The Morgan fingerprint density at radius 3 is 2.56 bits per heavy atom. The number of hydrogen-bond acceptors (Lipinski definition) is 2. The highest BCUT2D eigenvalue weighted by Crippen LogP contribution is 2.49. The molecule has 2 aliphatic rings. The quantitative estimate of drug-likeness (QED) is 0.864. The SMILES string of the molecule is COc1cc(C)c(C2CCC3(CNC3)C2)cc1C. The standard InChI is InChI=1S/C16H23NO/c1-11-7-15(18-3)12(2)6-14(11)13-4-5-16(8-13)9-17-10-16/h6-7,13,17H,4-5,8-10H2,1-3H3. The normalized spacial score (nSPS) is 25.2. The zero-order chi connectivity index (χ0) is 12.8. The van der Waals surface area contributed by atoms with Crippen LogP contribution in [0.5, 0.6) is 5.75 Å². The van der Waals surface area contributed by atoms with E-state index in [1.807, 2.05) is 0 Å². The van der Waals surface area contributed by atoms with Gasteiger partial charge in [0.15, 0.2) is 0 Å². The molecule has 98 valence electrons. The van der Waals surface area contributed by atoms with Gasteiger partial charge in [0, 0.05) is 13.1 Å². The van der Waals surface area contributed by atoms with Crippen molar-refractivity contribution in [1.82, 2.24) is 5.32 Å². The van der Waals surface area contributed by atoms with Crippen LogP contribution in [0.3, 0.4) is 0 Å². The lowest BCUT2D eigenvalue weighted by molar-refractivity contribution is 0.175. The molecule has 1 aromatic carbocycles. The van der Waals surface area contributed by atoms with Crippen LogP contribution < -0.4 is 10.1 Å². The fourth-order valence-corrected chi connectivity index (χ4v) is 3.74. The molecule has 0 amide bonds. The highest BCUT2D eigenvalue weighted by molar-refractivity contribution is 5.43. The summed E-state index contributed by atoms with van der Waals surface area (Å²) >= 11 is 0. The smallest absolute Gasteiger partial charge is 0.122 e. The third-order valence-corrected chi connectivity index (χ3v) is 4.93. The fourth-order valence-electron chi connectivity index (χ4n) is 3.74. The fraction of sp³-hybridized carbons (Fsp3) is 0.625. The lowest BCUT2D eigenvalue weighted by Crippen LogP contribution is -2.51. The zero-order valence-corrected chi connectivity index (χ0v) is 11.7. The second kappa shape index (κ2) is 4.27. The average Bonchev–Trinajstić information content (AvgIpc) is 2.76. The monoisotopic (exact) mass is 245 g/mol. The van der Waals surface area contributed by atoms with Gasteiger partial charge in [0.2, 0.25) is 0 Å². The van der Waals surface area contributed by atoms with Crippen molar-refractivity contribution in [2.75, 3.05) is 20.2 Å². The van der Waals surface area contributed by atoms with Crippen LogP contribution in [0, 0.1) is 19.3 Å². The Morgan fingerprint density at radius 1 is 1.22 bits per heavy atom. The first-order chi connectivity index (χ1) is 8.63. The van der Waals surface area contributed by atoms with E-state index in [4.69, 9.17) is 4.74 Å². The second-order valence-corrected chi connectivity index (χ2v) is 6.22. The highest BCUT2D eigenvalue weighted by Gasteiger charge is 2.44. The van der Waals surface area contributed by atoms with Gasteiger partial charge in [-0.3, -0.25) is 0 Å². The Balaban J connectivity index is 1.86. The minimum absolute atomic E-state index is 0.630. The van der Waals surface area contributed by atoms with Crippen molar-refractivity contribution in [3.8, 4) is 5.75 Å². The Labute approximate surface area is 110 Å². The first-order valence-electron chi connectivity index (χ1n) is 6.99. The predicted octanol–water partition coefficient (Wildman–Crippen LogP) is 3.17. The Hall–Kier alpha value is -1.02. The molecule has 1 spiro atoms. The van der Waals surface area contributed by atoms with Crippen molar-refractivity contribution in [3.63, 3.8) is 0 Å². The Morgan fingerprint density at radius 2 is 2.00 bits per heavy atom. The molecule has 1 aromatic rings. The molecule has 2 heteroatoms. The maximum Gasteiger partial charge on any atom is 0.122 e. The van der Waals surface area contributed by atoms with Crippen molar-refractivity contribution >= 4 is 0 Å². The number of aryl methyl sites for hydroxylation is 2. The molecule has 1 saturated carbocycles. The van der Waals surface area contributed by atoms with Gasteiger partial charge in [0.1, 0.15) is 5.75 Å². The molecule has 3 rings (SSSR count). The van der Waals surface area contributed by atoms with Gasteiger partial charge in [-0.2, -0.15) is 0 Å². The highest BCUT2D eigenvalue weighted by atomic mass is 16.5. The van der Waals surface area contributed by atoms with Gasteiger partial charge in [0.05, 0.1) is 7.11 Å². The summed E-state index contributed by atoms with van der Waals surface area (Å²) in [5, 5.41) is 3.44. The molecule has 1 saturated heterocycles. The van der Waals surface area contributed by atoms with Crippen molar-refractivity contribution in [3.05, 3.63) is 28.8 Å². The lowest BCUT2D eigenvalue weighted by atomic mass is 9.78. The van der Waals surface area contributed by atoms with E-state index in [2.05, 4.69) is 31.3 Å². The number of methoxy groups -OCH3 is 1. The first kappa shape index (κ1) is 12.0. The van der Waals surface area contributed by atoms with Gasteiger partial charge in [-0.15, -0.1) is 0 Å². The third-order valence-electron chi connectivity index (χ3n) is 4.93. The summed E-state index contributed by atoms with van der Waals surface area (Å²) in [7, 11) is 1.76. The van der Waals surface area contributed by atoms with Crippen molar-refractivity contribution < 1.29 is 4.74 Å². The Bertz CT molecular complexity index is 462. The lowest BCUT2D eigenvalue weighted by Gasteiger charge is -2.39. The molecule has 1 N–H and O–H groups in total. The largest absolute Gasteiger partial charge is 0.496 e. The van der Waals surface area contributed by atoms with E-state index >= 15 is 0 Å². The molecule has 0 aromatic heterocycles. The van der Waals surface area contributed by atoms with Crippen molar-refractivity contribution in [2.45, 2.75) is 39.0 Å². The van der Waals surface area contributed by atoms with Crippen LogP contribution >= 0.6 is 0 Å². The molecular weight excluding hydrogens is 222 g/mol. The molecule has 0 radical (unpaired) electrons. The molecule has 2 nitrogen and oxygen atoms in total. The number of ether oxygens (including phenoxy) is 1. The Kier molecular flexibility index (Phi) is 2.86. The van der Waals surface area contributed by atoms with E-state index in [0.717, 1.165) is 11.7 Å². The maximum atomic E-state index is 5.41. The number of hydrogen-bond donors (Lipinski definition) is 1. The summed E-state index contributed by atoms with van der Waals surface area (Å²) < 4.78 is 5.41. The summed E-state index contributed by atoms with van der Waals surface area (Å²) in [6.45, 7) is 6.84. The van der Waals surface area contributed by atoms with E-state index in [0.29, 0.717) is 5.41 Å². The van der Waals surface area contributed by atoms with E-state index in [-0.39, 0.29) is 0 Å².